The van der Waals surface area contributed by atoms with E-state index in [1.807, 2.05) is 6.07 Å². The van der Waals surface area contributed by atoms with Crippen LogP contribution in [0.25, 0.3) is 0 Å². The molecule has 0 heterocycles. The second-order valence-electron chi connectivity index (χ2n) is 4.76. The molecule has 0 aliphatic rings. The van der Waals surface area contributed by atoms with Crippen LogP contribution in [-0.4, -0.2) is 40.3 Å². The Hall–Kier alpha value is -1.56. The molecule has 0 spiro atoms. The molecule has 0 saturated carbocycles. The number of aliphatic imine (C=N–C) groups is 1. The molecule has 0 bridgehead atoms. The minimum absolute atomic E-state index is 0.135. The molecule has 0 aliphatic heterocycles. The third-order valence-corrected chi connectivity index (χ3v) is 4.85. The Kier molecular flexibility index (Phi) is 7.82. The number of rotatable bonds is 8. The molecule has 118 valence electrons. The first kappa shape index (κ1) is 17.5. The predicted octanol–water partition coefficient (Wildman–Crippen LogP) is 1.82. The second kappa shape index (κ2) is 9.39. The highest BCUT2D eigenvalue weighted by molar-refractivity contribution is 7.91. The van der Waals surface area contributed by atoms with E-state index in [9.17, 15) is 8.42 Å². The van der Waals surface area contributed by atoms with E-state index in [4.69, 9.17) is 0 Å². The van der Waals surface area contributed by atoms with Crippen molar-refractivity contribution in [3.05, 3.63) is 30.3 Å². The van der Waals surface area contributed by atoms with Crippen molar-refractivity contribution in [3.8, 4) is 0 Å². The lowest BCUT2D eigenvalue weighted by Crippen LogP contribution is -2.38. The molecule has 5 nitrogen and oxygen atoms in total. The van der Waals surface area contributed by atoms with Gasteiger partial charge >= 0.3 is 0 Å². The van der Waals surface area contributed by atoms with E-state index in [1.54, 1.807) is 31.3 Å². The fourth-order valence-corrected chi connectivity index (χ4v) is 3.15. The second-order valence-corrected chi connectivity index (χ2v) is 6.87. The van der Waals surface area contributed by atoms with Crippen molar-refractivity contribution in [2.24, 2.45) is 4.99 Å². The van der Waals surface area contributed by atoms with Gasteiger partial charge in [0.05, 0.1) is 10.6 Å². The molecule has 0 saturated heterocycles. The van der Waals surface area contributed by atoms with Gasteiger partial charge in [-0.25, -0.2) is 8.42 Å². The monoisotopic (exact) mass is 311 g/mol. The van der Waals surface area contributed by atoms with Crippen LogP contribution >= 0.6 is 0 Å². The molecule has 0 amide bonds. The van der Waals surface area contributed by atoms with Crippen molar-refractivity contribution in [2.45, 2.75) is 31.1 Å². The zero-order chi connectivity index (χ0) is 15.6. The lowest BCUT2D eigenvalue weighted by atomic mass is 10.3. The predicted molar refractivity (Wildman–Crippen MR) is 87.4 cm³/mol. The molecule has 0 fully saturated rings. The highest BCUT2D eigenvalue weighted by atomic mass is 32.2. The van der Waals surface area contributed by atoms with Gasteiger partial charge in [-0.05, 0) is 25.0 Å². The summed E-state index contributed by atoms with van der Waals surface area (Å²) < 4.78 is 24.2. The maximum Gasteiger partial charge on any atom is 0.190 e. The number of guanidine groups is 1. The number of benzene rings is 1. The van der Waals surface area contributed by atoms with Crippen LogP contribution in [0.15, 0.2) is 40.2 Å². The highest BCUT2D eigenvalue weighted by Crippen LogP contribution is 2.10. The maximum atomic E-state index is 12.1. The molecule has 1 rings (SSSR count). The molecule has 0 atom stereocenters. The van der Waals surface area contributed by atoms with Crippen molar-refractivity contribution < 1.29 is 8.42 Å². The van der Waals surface area contributed by atoms with E-state index >= 15 is 0 Å². The Morgan fingerprint density at radius 3 is 2.29 bits per heavy atom. The molecule has 6 heteroatoms. The van der Waals surface area contributed by atoms with Gasteiger partial charge in [0.25, 0.3) is 0 Å². The largest absolute Gasteiger partial charge is 0.356 e. The number of sulfone groups is 1. The van der Waals surface area contributed by atoms with Crippen molar-refractivity contribution in [1.29, 1.82) is 0 Å². The van der Waals surface area contributed by atoms with Crippen molar-refractivity contribution >= 4 is 15.8 Å². The van der Waals surface area contributed by atoms with E-state index in [0.717, 1.165) is 25.3 Å². The summed E-state index contributed by atoms with van der Waals surface area (Å²) in [6.07, 6.45) is 2.76. The smallest absolute Gasteiger partial charge is 0.190 e. The minimum Gasteiger partial charge on any atom is -0.356 e. The van der Waals surface area contributed by atoms with Crippen LogP contribution in [0, 0.1) is 0 Å². The fraction of sp³-hybridized carbons (Fsp3) is 0.533. The summed E-state index contributed by atoms with van der Waals surface area (Å²) in [5.74, 6) is 0.858. The Labute approximate surface area is 127 Å². The van der Waals surface area contributed by atoms with Gasteiger partial charge in [0.2, 0.25) is 0 Å². The molecule has 2 N–H and O–H groups in total. The van der Waals surface area contributed by atoms with E-state index < -0.39 is 9.84 Å². The van der Waals surface area contributed by atoms with Crippen LogP contribution in [0.2, 0.25) is 0 Å². The summed E-state index contributed by atoms with van der Waals surface area (Å²) >= 11 is 0. The van der Waals surface area contributed by atoms with Gasteiger partial charge in [-0.2, -0.15) is 0 Å². The molecule has 1 aromatic rings. The normalized spacial score (nSPS) is 12.2. The van der Waals surface area contributed by atoms with Crippen LogP contribution in [0.5, 0.6) is 0 Å². The first-order chi connectivity index (χ1) is 10.1. The Morgan fingerprint density at radius 1 is 1.10 bits per heavy atom. The lowest BCUT2D eigenvalue weighted by Gasteiger charge is -2.11. The third kappa shape index (κ3) is 6.62. The Bertz CT molecular complexity index is 527. The van der Waals surface area contributed by atoms with Gasteiger partial charge in [0.1, 0.15) is 0 Å². The first-order valence-corrected chi connectivity index (χ1v) is 8.97. The molecular formula is C15H25N3O2S. The number of hydrogen-bond acceptors (Lipinski definition) is 3. The zero-order valence-corrected chi connectivity index (χ0v) is 13.6. The zero-order valence-electron chi connectivity index (χ0n) is 12.8. The molecule has 0 aliphatic carbocycles. The highest BCUT2D eigenvalue weighted by Gasteiger charge is 2.12. The van der Waals surface area contributed by atoms with Gasteiger partial charge < -0.3 is 10.6 Å². The van der Waals surface area contributed by atoms with Crippen LogP contribution in [0.1, 0.15) is 26.2 Å². The standard InChI is InChI=1S/C15H25N3O2S/c1-3-4-11-17-15(16-2)18-12-8-13-21(19,20)14-9-6-5-7-10-14/h5-7,9-10H,3-4,8,11-13H2,1-2H3,(H2,16,17,18). The van der Waals surface area contributed by atoms with Crippen LogP contribution in [-0.2, 0) is 9.84 Å². The van der Waals surface area contributed by atoms with Crippen molar-refractivity contribution in [3.63, 3.8) is 0 Å². The molecule has 0 aromatic heterocycles. The Balaban J connectivity index is 2.33. The summed E-state index contributed by atoms with van der Waals surface area (Å²) in [6, 6.07) is 8.56. The van der Waals surface area contributed by atoms with Gasteiger partial charge in [-0.15, -0.1) is 0 Å². The average Bonchev–Trinajstić information content (AvgIpc) is 2.50. The molecular weight excluding hydrogens is 286 g/mol. The quantitative estimate of drug-likeness (QED) is 0.436. The van der Waals surface area contributed by atoms with Crippen LogP contribution in [0.3, 0.4) is 0 Å². The lowest BCUT2D eigenvalue weighted by molar-refractivity contribution is 0.592. The van der Waals surface area contributed by atoms with Gasteiger partial charge in [0, 0.05) is 20.1 Å². The van der Waals surface area contributed by atoms with E-state index in [2.05, 4.69) is 22.5 Å². The van der Waals surface area contributed by atoms with Crippen LogP contribution < -0.4 is 10.6 Å². The van der Waals surface area contributed by atoms with E-state index in [0.29, 0.717) is 17.9 Å². The number of unbranched alkanes of at least 4 members (excludes halogenated alkanes) is 1. The van der Waals surface area contributed by atoms with Crippen LogP contribution in [0.4, 0.5) is 0 Å². The molecule has 0 unspecified atom stereocenters. The number of nitrogens with zero attached hydrogens (tertiary/aromatic N) is 1. The van der Waals surface area contributed by atoms with Gasteiger partial charge in [-0.3, -0.25) is 4.99 Å². The number of hydrogen-bond donors (Lipinski definition) is 2. The maximum absolute atomic E-state index is 12.1. The van der Waals surface area contributed by atoms with Crippen molar-refractivity contribution in [2.75, 3.05) is 25.9 Å². The topological polar surface area (TPSA) is 70.6 Å². The third-order valence-electron chi connectivity index (χ3n) is 3.03. The number of nitrogens with one attached hydrogen (secondary N) is 2. The summed E-state index contributed by atoms with van der Waals surface area (Å²) in [7, 11) is -1.48. The Morgan fingerprint density at radius 2 is 1.71 bits per heavy atom. The average molecular weight is 311 g/mol. The first-order valence-electron chi connectivity index (χ1n) is 7.32. The van der Waals surface area contributed by atoms with E-state index in [1.165, 1.54) is 0 Å². The summed E-state index contributed by atoms with van der Waals surface area (Å²) in [5, 5.41) is 6.32. The summed E-state index contributed by atoms with van der Waals surface area (Å²) in [6.45, 7) is 3.59. The van der Waals surface area contributed by atoms with Gasteiger partial charge in [-0.1, -0.05) is 31.5 Å². The summed E-state index contributed by atoms with van der Waals surface area (Å²) in [5.41, 5.74) is 0. The minimum atomic E-state index is -3.19. The molecule has 0 radical (unpaired) electrons. The fourth-order valence-electron chi connectivity index (χ4n) is 1.82. The summed E-state index contributed by atoms with van der Waals surface area (Å²) in [4.78, 5) is 4.48. The SMILES string of the molecule is CCCCNC(=NC)NCCCS(=O)(=O)c1ccccc1. The molecule has 21 heavy (non-hydrogen) atoms. The van der Waals surface area contributed by atoms with Crippen molar-refractivity contribution in [1.82, 2.24) is 10.6 Å². The van der Waals surface area contributed by atoms with E-state index in [-0.39, 0.29) is 5.75 Å². The van der Waals surface area contributed by atoms with Gasteiger partial charge in [0.15, 0.2) is 15.8 Å². The molecule has 1 aromatic carbocycles.